The Bertz CT molecular complexity index is 770. The summed E-state index contributed by atoms with van der Waals surface area (Å²) in [5, 5.41) is 1.82. The average Bonchev–Trinajstić information content (AvgIpc) is 3.18. The molecule has 9 heteroatoms. The molecule has 6 nitrogen and oxygen atoms in total. The number of amidine groups is 1. The molecule has 2 amide bonds. The highest BCUT2D eigenvalue weighted by atomic mass is 19.4. The van der Waals surface area contributed by atoms with Crippen LogP contribution in [0.15, 0.2) is 29.3 Å². The quantitative estimate of drug-likeness (QED) is 0.868. The lowest BCUT2D eigenvalue weighted by Crippen LogP contribution is -2.63. The molecule has 0 radical (unpaired) electrons. The smallest absolute Gasteiger partial charge is 0.376 e. The second-order valence-electron chi connectivity index (χ2n) is 6.74. The fourth-order valence-electron chi connectivity index (χ4n) is 3.18. The van der Waals surface area contributed by atoms with Crippen LogP contribution in [-0.2, 0) is 9.53 Å². The van der Waals surface area contributed by atoms with Crippen LogP contribution in [0.3, 0.4) is 0 Å². The number of benzene rings is 1. The van der Waals surface area contributed by atoms with E-state index >= 15 is 0 Å². The van der Waals surface area contributed by atoms with Gasteiger partial charge in [0.15, 0.2) is 0 Å². The number of carbonyl (C=O) groups is 2. The van der Waals surface area contributed by atoms with Crippen molar-refractivity contribution in [1.29, 1.82) is 0 Å². The van der Waals surface area contributed by atoms with Gasteiger partial charge in [0.1, 0.15) is 5.84 Å². The number of nitrogens with one attached hydrogen (secondary N) is 1. The summed E-state index contributed by atoms with van der Waals surface area (Å²) in [4.78, 5) is 29.6. The number of aryl methyl sites for hydroxylation is 1. The first-order valence-corrected chi connectivity index (χ1v) is 8.60. The zero-order valence-electron chi connectivity index (χ0n) is 15.0. The number of halogens is 3. The Labute approximate surface area is 154 Å². The number of aliphatic imine (C=N–C) groups is 1. The summed E-state index contributed by atoms with van der Waals surface area (Å²) in [6, 6.07) is 6.00. The van der Waals surface area contributed by atoms with Crippen molar-refractivity contribution in [3.63, 3.8) is 0 Å². The molecule has 1 aromatic rings. The van der Waals surface area contributed by atoms with Gasteiger partial charge < -0.3 is 10.1 Å². The highest BCUT2D eigenvalue weighted by Crippen LogP contribution is 2.38. The van der Waals surface area contributed by atoms with Crippen molar-refractivity contribution >= 4 is 17.6 Å². The van der Waals surface area contributed by atoms with E-state index in [1.54, 1.807) is 19.1 Å². The molecule has 1 saturated heterocycles. The van der Waals surface area contributed by atoms with Crippen molar-refractivity contribution < 1.29 is 27.5 Å². The monoisotopic (exact) mass is 383 g/mol. The van der Waals surface area contributed by atoms with Crippen LogP contribution in [0, 0.1) is 6.92 Å². The number of hydrogen-bond acceptors (Lipinski definition) is 4. The van der Waals surface area contributed by atoms with Crippen molar-refractivity contribution in [3.05, 3.63) is 35.4 Å². The van der Waals surface area contributed by atoms with E-state index in [0.29, 0.717) is 13.0 Å². The minimum atomic E-state index is -5.09. The van der Waals surface area contributed by atoms with E-state index in [1.165, 1.54) is 19.1 Å². The Balaban J connectivity index is 1.88. The molecule has 1 N–H and O–H groups in total. The lowest BCUT2D eigenvalue weighted by Gasteiger charge is -2.29. The zero-order chi connectivity index (χ0) is 19.8. The normalized spacial score (nSPS) is 25.7. The number of carbonyl (C=O) groups excluding carboxylic acids is 2. The molecule has 27 heavy (non-hydrogen) atoms. The maximum Gasteiger partial charge on any atom is 0.442 e. The molecule has 2 heterocycles. The van der Waals surface area contributed by atoms with Gasteiger partial charge in [-0.05, 0) is 38.8 Å². The van der Waals surface area contributed by atoms with Gasteiger partial charge in [-0.1, -0.05) is 17.7 Å². The third kappa shape index (κ3) is 3.55. The molecule has 0 bridgehead atoms. The highest BCUT2D eigenvalue weighted by molar-refractivity contribution is 6.10. The van der Waals surface area contributed by atoms with Gasteiger partial charge in [0.25, 0.3) is 11.8 Å². The van der Waals surface area contributed by atoms with Crippen molar-refractivity contribution in [2.24, 2.45) is 4.99 Å². The molecule has 2 atom stereocenters. The Morgan fingerprint density at radius 1 is 1.33 bits per heavy atom. The Hall–Kier alpha value is -2.42. The van der Waals surface area contributed by atoms with Gasteiger partial charge in [0, 0.05) is 12.2 Å². The topological polar surface area (TPSA) is 71.0 Å². The molecule has 1 aromatic carbocycles. The first kappa shape index (κ1) is 19.3. The number of ether oxygens (including phenoxy) is 1. The summed E-state index contributed by atoms with van der Waals surface area (Å²) in [7, 11) is 0. The molecule has 0 spiro atoms. The number of rotatable bonds is 4. The maximum atomic E-state index is 13.9. The Morgan fingerprint density at radius 2 is 2.00 bits per heavy atom. The number of alkyl halides is 3. The van der Waals surface area contributed by atoms with Crippen LogP contribution in [0.25, 0.3) is 0 Å². The van der Waals surface area contributed by atoms with Gasteiger partial charge in [0.05, 0.1) is 12.6 Å². The number of amides is 2. The average molecular weight is 383 g/mol. The van der Waals surface area contributed by atoms with E-state index < -0.39 is 23.7 Å². The summed E-state index contributed by atoms with van der Waals surface area (Å²) >= 11 is 0. The minimum Gasteiger partial charge on any atom is -0.376 e. The third-order valence-electron chi connectivity index (χ3n) is 4.70. The SMILES string of the molecule is CC1=NC(NC(=O)c2ccc(C)cc2)(C(F)(F)F)C(=O)N1CC1CCCO1. The Morgan fingerprint density at radius 3 is 2.56 bits per heavy atom. The van der Waals surface area contributed by atoms with Gasteiger partial charge in [-0.2, -0.15) is 13.2 Å². The van der Waals surface area contributed by atoms with Crippen LogP contribution in [0.4, 0.5) is 13.2 Å². The maximum absolute atomic E-state index is 13.9. The van der Waals surface area contributed by atoms with Gasteiger partial charge >= 0.3 is 11.8 Å². The molecular formula is C18H20F3N3O3. The van der Waals surface area contributed by atoms with Crippen molar-refractivity contribution in [3.8, 4) is 0 Å². The molecule has 0 saturated carbocycles. The van der Waals surface area contributed by atoms with Gasteiger partial charge in [-0.15, -0.1) is 0 Å². The van der Waals surface area contributed by atoms with E-state index in [0.717, 1.165) is 16.9 Å². The Kier molecular flexibility index (Phi) is 4.98. The van der Waals surface area contributed by atoms with E-state index in [9.17, 15) is 22.8 Å². The van der Waals surface area contributed by atoms with Crippen LogP contribution in [0.1, 0.15) is 35.7 Å². The van der Waals surface area contributed by atoms with Crippen LogP contribution >= 0.6 is 0 Å². The first-order chi connectivity index (χ1) is 12.6. The first-order valence-electron chi connectivity index (χ1n) is 8.60. The van der Waals surface area contributed by atoms with Crippen LogP contribution in [0.2, 0.25) is 0 Å². The van der Waals surface area contributed by atoms with Crippen molar-refractivity contribution in [2.45, 2.75) is 44.6 Å². The fraction of sp³-hybridized carbons (Fsp3) is 0.500. The predicted octanol–water partition coefficient (Wildman–Crippen LogP) is 2.42. The molecule has 1 fully saturated rings. The largest absolute Gasteiger partial charge is 0.442 e. The van der Waals surface area contributed by atoms with Crippen LogP contribution in [-0.4, -0.2) is 53.6 Å². The molecule has 2 unspecified atom stereocenters. The summed E-state index contributed by atoms with van der Waals surface area (Å²) in [5.41, 5.74) is -2.45. The van der Waals surface area contributed by atoms with Crippen molar-refractivity contribution in [1.82, 2.24) is 10.2 Å². The molecule has 0 aliphatic carbocycles. The lowest BCUT2D eigenvalue weighted by atomic mass is 10.1. The fourth-order valence-corrected chi connectivity index (χ4v) is 3.18. The van der Waals surface area contributed by atoms with E-state index in [2.05, 4.69) is 4.99 Å². The van der Waals surface area contributed by atoms with Gasteiger partial charge in [-0.25, -0.2) is 4.99 Å². The van der Waals surface area contributed by atoms with Crippen LogP contribution in [0.5, 0.6) is 0 Å². The second-order valence-corrected chi connectivity index (χ2v) is 6.74. The number of hydrogen-bond donors (Lipinski definition) is 1. The van der Waals surface area contributed by atoms with Gasteiger partial charge in [0.2, 0.25) is 0 Å². The summed E-state index contributed by atoms with van der Waals surface area (Å²) in [6.07, 6.45) is -3.98. The molecule has 3 rings (SSSR count). The standard InChI is InChI=1S/C18H20F3N3O3/c1-11-5-7-13(8-6-11)15(25)23-17(18(19,20)21)16(26)24(12(2)22-17)10-14-4-3-9-27-14/h5-8,14H,3-4,9-10H2,1-2H3,(H,23,25). The summed E-state index contributed by atoms with van der Waals surface area (Å²) < 4.78 is 47.0. The number of nitrogens with zero attached hydrogens (tertiary/aromatic N) is 2. The van der Waals surface area contributed by atoms with Crippen molar-refractivity contribution in [2.75, 3.05) is 13.2 Å². The molecule has 2 aliphatic rings. The minimum absolute atomic E-state index is 0.0162. The molecular weight excluding hydrogens is 363 g/mol. The third-order valence-corrected chi connectivity index (χ3v) is 4.70. The van der Waals surface area contributed by atoms with E-state index in [1.807, 2.05) is 5.32 Å². The molecule has 2 aliphatic heterocycles. The molecule has 146 valence electrons. The lowest BCUT2D eigenvalue weighted by molar-refractivity contribution is -0.196. The second kappa shape index (κ2) is 6.95. The highest BCUT2D eigenvalue weighted by Gasteiger charge is 2.66. The van der Waals surface area contributed by atoms with Gasteiger partial charge in [-0.3, -0.25) is 14.5 Å². The van der Waals surface area contributed by atoms with E-state index in [4.69, 9.17) is 4.74 Å². The summed E-state index contributed by atoms with van der Waals surface area (Å²) in [6.45, 7) is 3.60. The predicted molar refractivity (Wildman–Crippen MR) is 91.2 cm³/mol. The summed E-state index contributed by atoms with van der Waals surface area (Å²) in [5.74, 6) is -2.43. The van der Waals surface area contributed by atoms with Crippen LogP contribution < -0.4 is 5.32 Å². The zero-order valence-corrected chi connectivity index (χ0v) is 15.0. The molecule has 0 aromatic heterocycles. The van der Waals surface area contributed by atoms with E-state index in [-0.39, 0.29) is 24.0 Å².